The molecule has 1 aromatic heterocycles. The molecule has 86 valence electrons. The van der Waals surface area contributed by atoms with Crippen LogP contribution in [0.5, 0.6) is 0 Å². The zero-order chi connectivity index (χ0) is 11.8. The van der Waals surface area contributed by atoms with Gasteiger partial charge in [-0.25, -0.2) is 0 Å². The maximum atomic E-state index is 11.8. The third-order valence-corrected chi connectivity index (χ3v) is 2.95. The number of furan rings is 1. The molecule has 0 saturated heterocycles. The summed E-state index contributed by atoms with van der Waals surface area (Å²) in [5.74, 6) is 0.113. The standard InChI is InChI=1S/C11H13NO2S2/c1-16(2,15)12-11(13)10-7-8-5-3-4-6-9(8)14-10/h3-7,15H,1-2H3,(H,12,13). The lowest BCUT2D eigenvalue weighted by atomic mass is 10.2. The van der Waals surface area contributed by atoms with E-state index in [4.69, 9.17) is 4.42 Å². The fourth-order valence-corrected chi connectivity index (χ4v) is 2.17. The second-order valence-electron chi connectivity index (χ2n) is 3.85. The molecule has 2 aromatic rings. The zero-order valence-corrected chi connectivity index (χ0v) is 10.8. The highest BCUT2D eigenvalue weighted by Gasteiger charge is 2.16. The van der Waals surface area contributed by atoms with Gasteiger partial charge < -0.3 is 9.14 Å². The number of thiol groups is 1. The van der Waals surface area contributed by atoms with Gasteiger partial charge in [-0.1, -0.05) is 18.2 Å². The topological polar surface area (TPSA) is 42.2 Å². The maximum absolute atomic E-state index is 11.8. The second-order valence-corrected chi connectivity index (χ2v) is 9.34. The smallest absolute Gasteiger partial charge is 0.296 e. The van der Waals surface area contributed by atoms with E-state index < -0.39 is 9.25 Å². The first-order valence-electron chi connectivity index (χ1n) is 4.72. The van der Waals surface area contributed by atoms with Crippen LogP contribution in [0.1, 0.15) is 10.6 Å². The number of fused-ring (bicyclic) bond motifs is 1. The van der Waals surface area contributed by atoms with Crippen LogP contribution in [0.2, 0.25) is 0 Å². The number of carbonyl (C=O) groups excluding carboxylic acids is 1. The molecule has 0 aliphatic rings. The van der Waals surface area contributed by atoms with E-state index in [0.717, 1.165) is 11.0 Å². The second kappa shape index (κ2) is 4.07. The monoisotopic (exact) mass is 255 g/mol. The lowest BCUT2D eigenvalue weighted by Crippen LogP contribution is -2.22. The minimum Gasteiger partial charge on any atom is -0.451 e. The average molecular weight is 255 g/mol. The quantitative estimate of drug-likeness (QED) is 0.640. The summed E-state index contributed by atoms with van der Waals surface area (Å²) in [6, 6.07) is 9.28. The third kappa shape index (κ3) is 2.54. The molecule has 0 radical (unpaired) electrons. The fraction of sp³-hybridized carbons (Fsp3) is 0.182. The van der Waals surface area contributed by atoms with E-state index >= 15 is 0 Å². The Bertz CT molecular complexity index is 495. The minimum absolute atomic E-state index is 0.216. The Labute approximate surface area is 100 Å². The Morgan fingerprint density at radius 2 is 2.06 bits per heavy atom. The van der Waals surface area contributed by atoms with Gasteiger partial charge >= 0.3 is 0 Å². The highest BCUT2D eigenvalue weighted by atomic mass is 33.1. The van der Waals surface area contributed by atoms with Crippen LogP contribution in [0.3, 0.4) is 0 Å². The van der Waals surface area contributed by atoms with Gasteiger partial charge in [0.25, 0.3) is 5.91 Å². The van der Waals surface area contributed by atoms with E-state index in [9.17, 15) is 4.79 Å². The van der Waals surface area contributed by atoms with Gasteiger partial charge in [0.1, 0.15) is 5.58 Å². The van der Waals surface area contributed by atoms with E-state index in [2.05, 4.69) is 16.4 Å². The van der Waals surface area contributed by atoms with Crippen LogP contribution in [-0.2, 0) is 0 Å². The molecule has 0 bridgehead atoms. The van der Waals surface area contributed by atoms with Crippen LogP contribution in [0.15, 0.2) is 34.7 Å². The molecule has 5 heteroatoms. The lowest BCUT2D eigenvalue weighted by molar-refractivity contribution is 0.0959. The van der Waals surface area contributed by atoms with Crippen LogP contribution in [-0.4, -0.2) is 18.4 Å². The highest BCUT2D eigenvalue weighted by molar-refractivity contribution is 8.86. The van der Waals surface area contributed by atoms with Gasteiger partial charge in [0, 0.05) is 5.39 Å². The first-order valence-corrected chi connectivity index (χ1v) is 8.22. The van der Waals surface area contributed by atoms with Crippen LogP contribution < -0.4 is 4.72 Å². The van der Waals surface area contributed by atoms with Crippen molar-refractivity contribution in [2.24, 2.45) is 0 Å². The molecule has 0 unspecified atom stereocenters. The maximum Gasteiger partial charge on any atom is 0.296 e. The number of nitrogens with one attached hydrogen (secondary N) is 1. The summed E-state index contributed by atoms with van der Waals surface area (Å²) in [4.78, 5) is 11.8. The summed E-state index contributed by atoms with van der Waals surface area (Å²) in [5, 5.41) is 0.930. The Balaban J connectivity index is 2.30. The summed E-state index contributed by atoms with van der Waals surface area (Å²) in [6.45, 7) is 0. The lowest BCUT2D eigenvalue weighted by Gasteiger charge is -2.24. The average Bonchev–Trinajstić information content (AvgIpc) is 2.58. The van der Waals surface area contributed by atoms with Crippen molar-refractivity contribution in [3.8, 4) is 0 Å². The third-order valence-electron chi connectivity index (χ3n) is 1.99. The molecule has 16 heavy (non-hydrogen) atoms. The molecule has 0 fully saturated rings. The molecule has 1 heterocycles. The van der Waals surface area contributed by atoms with Gasteiger partial charge in [0.05, 0.1) is 0 Å². The molecule has 3 nitrogen and oxygen atoms in total. The molecule has 1 amide bonds. The van der Waals surface area contributed by atoms with Crippen molar-refractivity contribution in [3.05, 3.63) is 36.1 Å². The molecule has 0 aliphatic heterocycles. The number of carbonyl (C=O) groups is 1. The Morgan fingerprint density at radius 3 is 2.69 bits per heavy atom. The number of amides is 1. The van der Waals surface area contributed by atoms with Crippen molar-refractivity contribution in [2.45, 2.75) is 0 Å². The minimum atomic E-state index is -1.37. The van der Waals surface area contributed by atoms with E-state index in [1.807, 2.05) is 36.8 Å². The van der Waals surface area contributed by atoms with Crippen molar-refractivity contribution >= 4 is 37.8 Å². The Kier molecular flexibility index (Phi) is 2.90. The van der Waals surface area contributed by atoms with Gasteiger partial charge in [0.2, 0.25) is 0 Å². The highest BCUT2D eigenvalue weighted by Crippen LogP contribution is 2.39. The van der Waals surface area contributed by atoms with E-state index in [1.54, 1.807) is 6.07 Å². The zero-order valence-electron chi connectivity index (χ0n) is 9.06. The number of para-hydroxylation sites is 1. The normalized spacial score (nSPS) is 12.7. The number of hydrogen-bond donors (Lipinski definition) is 2. The molecular formula is C11H13NO2S2. The first kappa shape index (κ1) is 11.4. The molecule has 1 N–H and O–H groups in total. The molecular weight excluding hydrogens is 242 g/mol. The molecule has 0 aliphatic carbocycles. The summed E-state index contributed by atoms with van der Waals surface area (Å²) in [7, 11) is -1.37. The van der Waals surface area contributed by atoms with E-state index in [0.29, 0.717) is 5.76 Å². The molecule has 0 spiro atoms. The largest absolute Gasteiger partial charge is 0.451 e. The number of hydrogen-bond acceptors (Lipinski definition) is 3. The SMILES string of the molecule is CS(C)(S)NC(=O)c1cc2ccccc2o1. The van der Waals surface area contributed by atoms with Crippen molar-refractivity contribution in [3.63, 3.8) is 0 Å². The van der Waals surface area contributed by atoms with Gasteiger partial charge in [-0.3, -0.25) is 4.79 Å². The fourth-order valence-electron chi connectivity index (χ4n) is 1.37. The van der Waals surface area contributed by atoms with Gasteiger partial charge in [-0.15, -0.1) is 20.9 Å². The first-order chi connectivity index (χ1) is 7.46. The molecule has 1 aromatic carbocycles. The van der Waals surface area contributed by atoms with Gasteiger partial charge in [-0.05, 0) is 24.6 Å². The summed E-state index contributed by atoms with van der Waals surface area (Å²) in [5.41, 5.74) is 0.722. The summed E-state index contributed by atoms with van der Waals surface area (Å²) in [6.07, 6.45) is 3.77. The number of rotatable bonds is 2. The van der Waals surface area contributed by atoms with Crippen molar-refractivity contribution in [1.82, 2.24) is 4.72 Å². The van der Waals surface area contributed by atoms with Crippen molar-refractivity contribution < 1.29 is 9.21 Å². The van der Waals surface area contributed by atoms with Gasteiger partial charge in [-0.2, -0.15) is 0 Å². The van der Waals surface area contributed by atoms with Crippen LogP contribution in [0, 0.1) is 0 Å². The Morgan fingerprint density at radius 1 is 1.38 bits per heavy atom. The van der Waals surface area contributed by atoms with Crippen molar-refractivity contribution in [1.29, 1.82) is 0 Å². The Hall–Kier alpha value is -1.07. The molecule has 2 rings (SSSR count). The van der Waals surface area contributed by atoms with E-state index in [1.165, 1.54) is 0 Å². The van der Waals surface area contributed by atoms with Crippen LogP contribution >= 0.6 is 20.9 Å². The van der Waals surface area contributed by atoms with Crippen LogP contribution in [0.25, 0.3) is 11.0 Å². The predicted octanol–water partition coefficient (Wildman–Crippen LogP) is 2.99. The molecule has 0 atom stereocenters. The van der Waals surface area contributed by atoms with E-state index in [-0.39, 0.29) is 5.91 Å². The van der Waals surface area contributed by atoms with Crippen LogP contribution in [0.4, 0.5) is 0 Å². The predicted molar refractivity (Wildman–Crippen MR) is 72.1 cm³/mol. The van der Waals surface area contributed by atoms with Gasteiger partial charge in [0.15, 0.2) is 5.76 Å². The number of benzene rings is 1. The summed E-state index contributed by atoms with van der Waals surface area (Å²) >= 11 is 4.32. The summed E-state index contributed by atoms with van der Waals surface area (Å²) < 4.78 is 8.25. The molecule has 0 saturated carbocycles. The van der Waals surface area contributed by atoms with Crippen molar-refractivity contribution in [2.75, 3.05) is 12.5 Å².